The fourth-order valence-corrected chi connectivity index (χ4v) is 4.12. The zero-order valence-electron chi connectivity index (χ0n) is 14.1. The summed E-state index contributed by atoms with van der Waals surface area (Å²) in [5, 5.41) is 6.74. The summed E-state index contributed by atoms with van der Waals surface area (Å²) in [7, 11) is 0. The monoisotopic (exact) mass is 320 g/mol. The van der Waals surface area contributed by atoms with E-state index < -0.39 is 0 Å². The molecule has 1 amide bonds. The van der Waals surface area contributed by atoms with Crippen molar-refractivity contribution in [3.8, 4) is 0 Å². The van der Waals surface area contributed by atoms with Gasteiger partial charge in [-0.3, -0.25) is 9.36 Å². The normalized spacial score (nSPS) is 20.3. The minimum absolute atomic E-state index is 0.127. The van der Waals surface area contributed by atoms with Crippen LogP contribution in [-0.4, -0.2) is 38.7 Å². The second kappa shape index (κ2) is 7.32. The fraction of sp³-hybridized carbons (Fsp3) is 0.824. The molecule has 6 heteroatoms. The van der Waals surface area contributed by atoms with Gasteiger partial charge in [0.25, 0.3) is 0 Å². The molecule has 0 atom stereocenters. The van der Waals surface area contributed by atoms with E-state index in [1.807, 2.05) is 11.8 Å². The van der Waals surface area contributed by atoms with Gasteiger partial charge in [0.05, 0.1) is 0 Å². The van der Waals surface area contributed by atoms with E-state index in [-0.39, 0.29) is 11.6 Å². The molecule has 2 aliphatic rings. The lowest BCUT2D eigenvalue weighted by atomic mass is 9.95. The lowest BCUT2D eigenvalue weighted by Gasteiger charge is -2.31. The van der Waals surface area contributed by atoms with Crippen molar-refractivity contribution < 1.29 is 4.79 Å². The number of nitrogens with zero attached hydrogens (tertiary/aromatic N) is 3. The smallest absolute Gasteiger partial charge is 0.343 e. The number of rotatable bonds is 5. The predicted octanol–water partition coefficient (Wildman–Crippen LogP) is 2.27. The van der Waals surface area contributed by atoms with Crippen molar-refractivity contribution in [2.45, 2.75) is 70.8 Å². The highest BCUT2D eigenvalue weighted by atomic mass is 16.2. The molecule has 0 radical (unpaired) electrons. The van der Waals surface area contributed by atoms with Crippen molar-refractivity contribution in [3.63, 3.8) is 0 Å². The van der Waals surface area contributed by atoms with Gasteiger partial charge in [-0.05, 0) is 32.1 Å². The first-order valence-corrected chi connectivity index (χ1v) is 9.12. The standard InChI is InChI=1S/C17H28N4O2/c1-2-21-16(18-19-17(21)23)14-9-11-20(12-10-14)15(22)8-7-13-5-3-4-6-13/h13-14H,2-12H2,1H3,(H,19,23). The molecule has 23 heavy (non-hydrogen) atoms. The first-order valence-electron chi connectivity index (χ1n) is 9.12. The van der Waals surface area contributed by atoms with Crippen molar-refractivity contribution in [2.24, 2.45) is 5.92 Å². The molecule has 1 saturated heterocycles. The summed E-state index contributed by atoms with van der Waals surface area (Å²) in [6.45, 7) is 4.19. The molecule has 1 N–H and O–H groups in total. The molecule has 0 aromatic carbocycles. The molecule has 1 aromatic heterocycles. The highest BCUT2D eigenvalue weighted by Gasteiger charge is 2.27. The zero-order chi connectivity index (χ0) is 16.2. The fourth-order valence-electron chi connectivity index (χ4n) is 4.12. The lowest BCUT2D eigenvalue weighted by Crippen LogP contribution is -2.38. The van der Waals surface area contributed by atoms with Crippen LogP contribution in [0.25, 0.3) is 0 Å². The van der Waals surface area contributed by atoms with E-state index in [0.29, 0.717) is 18.9 Å². The number of H-pyrrole nitrogens is 1. The average Bonchev–Trinajstić information content (AvgIpc) is 3.22. The number of amides is 1. The Hall–Kier alpha value is -1.59. The second-order valence-electron chi connectivity index (χ2n) is 6.98. The Morgan fingerprint density at radius 1 is 1.22 bits per heavy atom. The van der Waals surface area contributed by atoms with Crippen LogP contribution < -0.4 is 5.69 Å². The number of piperidine rings is 1. The Labute approximate surface area is 137 Å². The van der Waals surface area contributed by atoms with Gasteiger partial charge in [0.15, 0.2) is 0 Å². The summed E-state index contributed by atoms with van der Waals surface area (Å²) in [4.78, 5) is 26.1. The third-order valence-electron chi connectivity index (χ3n) is 5.56. The van der Waals surface area contributed by atoms with Gasteiger partial charge in [-0.25, -0.2) is 9.89 Å². The van der Waals surface area contributed by atoms with Crippen LogP contribution >= 0.6 is 0 Å². The van der Waals surface area contributed by atoms with E-state index in [1.165, 1.54) is 25.7 Å². The molecule has 0 unspecified atom stereocenters. The predicted molar refractivity (Wildman–Crippen MR) is 88.3 cm³/mol. The van der Waals surface area contributed by atoms with E-state index >= 15 is 0 Å². The maximum absolute atomic E-state index is 12.4. The zero-order valence-corrected chi connectivity index (χ0v) is 14.1. The molecule has 0 spiro atoms. The van der Waals surface area contributed by atoms with Crippen LogP contribution in [0.1, 0.15) is 70.0 Å². The molecule has 6 nitrogen and oxygen atoms in total. The molecule has 1 aromatic rings. The number of hydrogen-bond acceptors (Lipinski definition) is 3. The van der Waals surface area contributed by atoms with Crippen LogP contribution in [0.3, 0.4) is 0 Å². The van der Waals surface area contributed by atoms with E-state index in [1.54, 1.807) is 4.57 Å². The van der Waals surface area contributed by atoms with Gasteiger partial charge in [-0.15, -0.1) is 0 Å². The van der Waals surface area contributed by atoms with Crippen LogP contribution in [0.5, 0.6) is 0 Å². The summed E-state index contributed by atoms with van der Waals surface area (Å²) in [6.07, 6.45) is 8.87. The number of carbonyl (C=O) groups excluding carboxylic acids is 1. The average molecular weight is 320 g/mol. The third-order valence-corrected chi connectivity index (χ3v) is 5.56. The largest absolute Gasteiger partial charge is 0.343 e. The summed E-state index contributed by atoms with van der Waals surface area (Å²) >= 11 is 0. The van der Waals surface area contributed by atoms with Gasteiger partial charge in [0.1, 0.15) is 5.82 Å². The number of hydrogen-bond donors (Lipinski definition) is 1. The molecule has 1 saturated carbocycles. The highest BCUT2D eigenvalue weighted by molar-refractivity contribution is 5.76. The van der Waals surface area contributed by atoms with Gasteiger partial charge in [0.2, 0.25) is 5.91 Å². The molecule has 0 bridgehead atoms. The Kier molecular flexibility index (Phi) is 5.18. The minimum atomic E-state index is -0.127. The maximum Gasteiger partial charge on any atom is 0.343 e. The molecular weight excluding hydrogens is 292 g/mol. The van der Waals surface area contributed by atoms with E-state index in [4.69, 9.17) is 0 Å². The van der Waals surface area contributed by atoms with E-state index in [9.17, 15) is 9.59 Å². The second-order valence-corrected chi connectivity index (χ2v) is 6.98. The molecule has 2 fully saturated rings. The summed E-state index contributed by atoms with van der Waals surface area (Å²) in [5.74, 6) is 2.23. The van der Waals surface area contributed by atoms with Gasteiger partial charge in [0, 0.05) is 32.0 Å². The summed E-state index contributed by atoms with van der Waals surface area (Å²) < 4.78 is 1.71. The van der Waals surface area contributed by atoms with Crippen LogP contribution in [0.15, 0.2) is 4.79 Å². The van der Waals surface area contributed by atoms with E-state index in [2.05, 4.69) is 10.2 Å². The molecule has 2 heterocycles. The molecule has 1 aliphatic carbocycles. The molecule has 1 aliphatic heterocycles. The Balaban J connectivity index is 1.49. The van der Waals surface area contributed by atoms with Crippen molar-refractivity contribution in [3.05, 3.63) is 16.3 Å². The minimum Gasteiger partial charge on any atom is -0.343 e. The SMILES string of the molecule is CCn1c(C2CCN(C(=O)CCC3CCCC3)CC2)n[nH]c1=O. The first kappa shape index (κ1) is 16.3. The van der Waals surface area contributed by atoms with Gasteiger partial charge >= 0.3 is 5.69 Å². The van der Waals surface area contributed by atoms with E-state index in [0.717, 1.165) is 44.1 Å². The number of likely N-dealkylation sites (tertiary alicyclic amines) is 1. The quantitative estimate of drug-likeness (QED) is 0.904. The van der Waals surface area contributed by atoms with Gasteiger partial charge < -0.3 is 4.90 Å². The number of aromatic nitrogens is 3. The molecule has 128 valence electrons. The maximum atomic E-state index is 12.4. The topological polar surface area (TPSA) is 71.0 Å². The Bertz CT molecular complexity index is 578. The Morgan fingerprint density at radius 3 is 2.57 bits per heavy atom. The van der Waals surface area contributed by atoms with Crippen molar-refractivity contribution >= 4 is 5.91 Å². The van der Waals surface area contributed by atoms with Crippen LogP contribution in [0, 0.1) is 5.92 Å². The summed E-state index contributed by atoms with van der Waals surface area (Å²) in [5.41, 5.74) is -0.127. The lowest BCUT2D eigenvalue weighted by molar-refractivity contribution is -0.132. The van der Waals surface area contributed by atoms with Crippen molar-refractivity contribution in [2.75, 3.05) is 13.1 Å². The molecular formula is C17H28N4O2. The number of nitrogens with one attached hydrogen (secondary N) is 1. The third kappa shape index (κ3) is 3.67. The van der Waals surface area contributed by atoms with Gasteiger partial charge in [-0.1, -0.05) is 25.7 Å². The van der Waals surface area contributed by atoms with Gasteiger partial charge in [-0.2, -0.15) is 5.10 Å². The van der Waals surface area contributed by atoms with Crippen molar-refractivity contribution in [1.29, 1.82) is 0 Å². The first-order chi connectivity index (χ1) is 11.2. The van der Waals surface area contributed by atoms with Crippen LogP contribution in [0.2, 0.25) is 0 Å². The molecule has 3 rings (SSSR count). The number of aromatic amines is 1. The van der Waals surface area contributed by atoms with Crippen LogP contribution in [0.4, 0.5) is 0 Å². The van der Waals surface area contributed by atoms with Crippen LogP contribution in [-0.2, 0) is 11.3 Å². The highest BCUT2D eigenvalue weighted by Crippen LogP contribution is 2.30. The summed E-state index contributed by atoms with van der Waals surface area (Å²) in [6, 6.07) is 0. The van der Waals surface area contributed by atoms with Crippen molar-refractivity contribution in [1.82, 2.24) is 19.7 Å². The Morgan fingerprint density at radius 2 is 1.91 bits per heavy atom. The number of carbonyl (C=O) groups is 1.